The van der Waals surface area contributed by atoms with Gasteiger partial charge in [0.1, 0.15) is 12.2 Å². The first-order chi connectivity index (χ1) is 11.6. The van der Waals surface area contributed by atoms with E-state index in [-0.39, 0.29) is 21.3 Å². The summed E-state index contributed by atoms with van der Waals surface area (Å²) in [5.41, 5.74) is -0.623. The zero-order chi connectivity index (χ0) is 18.4. The molecule has 0 fully saturated rings. The van der Waals surface area contributed by atoms with Gasteiger partial charge < -0.3 is 5.21 Å². The molecule has 132 valence electrons. The Labute approximate surface area is 135 Å². The van der Waals surface area contributed by atoms with Gasteiger partial charge in [-0.2, -0.15) is 36.2 Å². The zero-order valence-corrected chi connectivity index (χ0v) is 12.1. The maximum absolute atomic E-state index is 13.8. The number of fused-ring (bicyclic) bond motifs is 1. The molecule has 0 amide bonds. The SMILES string of the molecule is [O-][n+]1cccc(F)c1-c1cc2cnn(CC(F)(F)C(F)(F)F)c2cn1. The lowest BCUT2D eigenvalue weighted by Gasteiger charge is -2.19. The molecule has 0 aliphatic rings. The van der Waals surface area contributed by atoms with Gasteiger partial charge in [-0.1, -0.05) is 0 Å². The molecule has 0 unspecified atom stereocenters. The van der Waals surface area contributed by atoms with Crippen LogP contribution >= 0.6 is 0 Å². The fourth-order valence-corrected chi connectivity index (χ4v) is 2.21. The van der Waals surface area contributed by atoms with Crippen LogP contribution in [0.15, 0.2) is 36.8 Å². The minimum atomic E-state index is -5.72. The van der Waals surface area contributed by atoms with E-state index < -0.39 is 30.2 Å². The maximum atomic E-state index is 13.8. The number of hydrogen-bond donors (Lipinski definition) is 0. The highest BCUT2D eigenvalue weighted by Gasteiger charge is 2.57. The molecule has 0 saturated carbocycles. The summed E-state index contributed by atoms with van der Waals surface area (Å²) in [6.07, 6.45) is -2.70. The quantitative estimate of drug-likeness (QED) is 0.409. The molecular formula is C14H8F6N4O. The van der Waals surface area contributed by atoms with E-state index in [1.54, 1.807) is 0 Å². The van der Waals surface area contributed by atoms with Crippen LogP contribution in [-0.2, 0) is 6.54 Å². The largest absolute Gasteiger partial charge is 0.618 e. The van der Waals surface area contributed by atoms with Crippen LogP contribution in [0.4, 0.5) is 26.3 Å². The van der Waals surface area contributed by atoms with Crippen molar-refractivity contribution in [2.45, 2.75) is 18.6 Å². The van der Waals surface area contributed by atoms with Crippen LogP contribution in [0, 0.1) is 11.0 Å². The Kier molecular flexibility index (Phi) is 3.81. The van der Waals surface area contributed by atoms with E-state index in [0.717, 1.165) is 24.7 Å². The lowest BCUT2D eigenvalue weighted by Crippen LogP contribution is -2.40. The van der Waals surface area contributed by atoms with Gasteiger partial charge in [0, 0.05) is 11.5 Å². The molecule has 0 aliphatic carbocycles. The number of pyridine rings is 2. The van der Waals surface area contributed by atoms with E-state index in [1.165, 1.54) is 12.1 Å². The van der Waals surface area contributed by atoms with Gasteiger partial charge >= 0.3 is 12.1 Å². The van der Waals surface area contributed by atoms with Crippen LogP contribution in [0.3, 0.4) is 0 Å². The van der Waals surface area contributed by atoms with Crippen LogP contribution in [0.2, 0.25) is 0 Å². The van der Waals surface area contributed by atoms with Gasteiger partial charge in [0.05, 0.1) is 17.9 Å². The summed E-state index contributed by atoms with van der Waals surface area (Å²) < 4.78 is 77.8. The minimum absolute atomic E-state index is 0.109. The van der Waals surface area contributed by atoms with E-state index in [9.17, 15) is 31.5 Å². The predicted octanol–water partition coefficient (Wildman–Crippen LogP) is 3.07. The summed E-state index contributed by atoms with van der Waals surface area (Å²) in [6, 6.07) is 3.39. The first-order valence-electron chi connectivity index (χ1n) is 6.74. The van der Waals surface area contributed by atoms with Gasteiger partial charge in [0.2, 0.25) is 0 Å². The van der Waals surface area contributed by atoms with Crippen molar-refractivity contribution < 1.29 is 31.1 Å². The van der Waals surface area contributed by atoms with Crippen LogP contribution in [0.5, 0.6) is 0 Å². The second-order valence-corrected chi connectivity index (χ2v) is 5.16. The summed E-state index contributed by atoms with van der Waals surface area (Å²) in [5, 5.41) is 15.3. The van der Waals surface area contributed by atoms with Crippen LogP contribution in [0.1, 0.15) is 0 Å². The molecule has 0 atom stereocenters. The molecule has 3 aromatic heterocycles. The average Bonchev–Trinajstić information content (AvgIpc) is 2.88. The van der Waals surface area contributed by atoms with Gasteiger partial charge in [-0.15, -0.1) is 0 Å². The molecule has 0 aromatic carbocycles. The standard InChI is InChI=1S/C14H8F6N4O/c15-9-2-1-3-24(25)12(9)10-4-8-5-22-23(11(8)6-21-10)7-13(16,17)14(18,19)20/h1-6H,7H2. The Morgan fingerprint density at radius 3 is 2.52 bits per heavy atom. The third-order valence-electron chi connectivity index (χ3n) is 3.44. The molecule has 5 nitrogen and oxygen atoms in total. The maximum Gasteiger partial charge on any atom is 0.455 e. The minimum Gasteiger partial charge on any atom is -0.618 e. The third kappa shape index (κ3) is 2.96. The molecule has 11 heteroatoms. The highest BCUT2D eigenvalue weighted by atomic mass is 19.4. The molecule has 3 aromatic rings. The Bertz CT molecular complexity index is 916. The molecule has 25 heavy (non-hydrogen) atoms. The Hall–Kier alpha value is -2.85. The van der Waals surface area contributed by atoms with E-state index in [0.29, 0.717) is 4.68 Å². The van der Waals surface area contributed by atoms with Gasteiger partial charge in [-0.25, -0.2) is 4.98 Å². The molecule has 0 aliphatic heterocycles. The summed E-state index contributed by atoms with van der Waals surface area (Å²) in [6.45, 7) is -1.72. The van der Waals surface area contributed by atoms with Crippen molar-refractivity contribution >= 4 is 10.9 Å². The smallest absolute Gasteiger partial charge is 0.455 e. The van der Waals surface area contributed by atoms with Crippen molar-refractivity contribution in [1.29, 1.82) is 0 Å². The molecule has 0 N–H and O–H groups in total. The number of alkyl halides is 5. The second-order valence-electron chi connectivity index (χ2n) is 5.16. The van der Waals surface area contributed by atoms with Gasteiger partial charge in [-0.3, -0.25) is 4.68 Å². The molecule has 0 radical (unpaired) electrons. The van der Waals surface area contributed by atoms with Gasteiger partial charge in [0.25, 0.3) is 5.69 Å². The molecule has 0 saturated heterocycles. The molecule has 3 heterocycles. The summed E-state index contributed by atoms with van der Waals surface area (Å²) in [5.74, 6) is -5.84. The lowest BCUT2D eigenvalue weighted by atomic mass is 10.2. The summed E-state index contributed by atoms with van der Waals surface area (Å²) >= 11 is 0. The third-order valence-corrected chi connectivity index (χ3v) is 3.44. The van der Waals surface area contributed by atoms with Crippen LogP contribution in [0.25, 0.3) is 22.3 Å². The zero-order valence-electron chi connectivity index (χ0n) is 12.1. The monoisotopic (exact) mass is 362 g/mol. The van der Waals surface area contributed by atoms with Crippen LogP contribution < -0.4 is 4.73 Å². The average molecular weight is 362 g/mol. The van der Waals surface area contributed by atoms with Crippen molar-refractivity contribution in [1.82, 2.24) is 14.8 Å². The first kappa shape index (κ1) is 17.0. The van der Waals surface area contributed by atoms with Crippen molar-refractivity contribution in [3.8, 4) is 11.4 Å². The lowest BCUT2D eigenvalue weighted by molar-refractivity contribution is -0.595. The van der Waals surface area contributed by atoms with E-state index >= 15 is 0 Å². The van der Waals surface area contributed by atoms with E-state index in [4.69, 9.17) is 0 Å². The normalized spacial score (nSPS) is 12.7. The topological polar surface area (TPSA) is 57.6 Å². The number of nitrogens with zero attached hydrogens (tertiary/aromatic N) is 4. The summed E-state index contributed by atoms with van der Waals surface area (Å²) in [7, 11) is 0. The predicted molar refractivity (Wildman–Crippen MR) is 72.9 cm³/mol. The number of rotatable bonds is 3. The Morgan fingerprint density at radius 2 is 1.88 bits per heavy atom. The van der Waals surface area contributed by atoms with Gasteiger partial charge in [0.15, 0.2) is 12.0 Å². The molecule has 0 spiro atoms. The molecule has 0 bridgehead atoms. The number of halogens is 6. The molecular weight excluding hydrogens is 354 g/mol. The van der Waals surface area contributed by atoms with E-state index in [2.05, 4.69) is 10.1 Å². The Balaban J connectivity index is 2.03. The van der Waals surface area contributed by atoms with Crippen molar-refractivity contribution in [3.05, 3.63) is 47.8 Å². The van der Waals surface area contributed by atoms with Gasteiger partial charge in [-0.05, 0) is 12.1 Å². The number of hydrogen-bond acceptors (Lipinski definition) is 3. The van der Waals surface area contributed by atoms with Crippen molar-refractivity contribution in [2.75, 3.05) is 0 Å². The fraction of sp³-hybridized carbons (Fsp3) is 0.214. The Morgan fingerprint density at radius 1 is 1.16 bits per heavy atom. The molecule has 3 rings (SSSR count). The summed E-state index contributed by atoms with van der Waals surface area (Å²) in [4.78, 5) is 3.78. The first-order valence-corrected chi connectivity index (χ1v) is 6.74. The highest BCUT2D eigenvalue weighted by molar-refractivity contribution is 5.81. The van der Waals surface area contributed by atoms with Crippen molar-refractivity contribution in [3.63, 3.8) is 0 Å². The van der Waals surface area contributed by atoms with Crippen LogP contribution in [-0.4, -0.2) is 26.9 Å². The van der Waals surface area contributed by atoms with Crippen molar-refractivity contribution in [2.24, 2.45) is 0 Å². The number of aromatic nitrogens is 4. The highest BCUT2D eigenvalue weighted by Crippen LogP contribution is 2.37. The van der Waals surface area contributed by atoms with E-state index in [1.807, 2.05) is 0 Å². The second kappa shape index (κ2) is 5.60. The fourth-order valence-electron chi connectivity index (χ4n) is 2.21.